The average Bonchev–Trinajstić information content (AvgIpc) is 3.21. The number of ether oxygens (including phenoxy) is 1. The van der Waals surface area contributed by atoms with Gasteiger partial charge in [-0.15, -0.1) is 0 Å². The van der Waals surface area contributed by atoms with Crippen LogP contribution in [-0.2, 0) is 22.5 Å². The van der Waals surface area contributed by atoms with Gasteiger partial charge in [-0.2, -0.15) is 0 Å². The molecule has 1 aliphatic carbocycles. The van der Waals surface area contributed by atoms with E-state index < -0.39 is 0 Å². The van der Waals surface area contributed by atoms with Crippen LogP contribution in [0.4, 0.5) is 5.95 Å². The maximum Gasteiger partial charge on any atom is 0.226 e. The number of aromatic nitrogens is 3. The van der Waals surface area contributed by atoms with E-state index >= 15 is 0 Å². The molecule has 2 aromatic heterocycles. The van der Waals surface area contributed by atoms with Crippen molar-refractivity contribution in [3.05, 3.63) is 36.0 Å². The van der Waals surface area contributed by atoms with Gasteiger partial charge in [-0.3, -0.25) is 4.79 Å². The van der Waals surface area contributed by atoms with Gasteiger partial charge in [-0.25, -0.2) is 9.97 Å². The molecule has 0 aromatic carbocycles. The van der Waals surface area contributed by atoms with Crippen LogP contribution in [0.15, 0.2) is 29.2 Å². The zero-order valence-electron chi connectivity index (χ0n) is 16.2. The minimum absolute atomic E-state index is 0.0209. The number of hydrogen-bond donors (Lipinski definition) is 1. The predicted molar refractivity (Wildman–Crippen MR) is 102 cm³/mol. The Hall–Kier alpha value is -2.48. The Kier molecular flexibility index (Phi) is 5.85. The number of carbonyl (C=O) groups excluding carboxylic acids is 1. The van der Waals surface area contributed by atoms with E-state index in [4.69, 9.17) is 9.26 Å². The Labute approximate surface area is 164 Å². The number of anilines is 1. The molecule has 1 N–H and O–H groups in total. The van der Waals surface area contributed by atoms with Crippen LogP contribution < -0.4 is 5.32 Å². The summed E-state index contributed by atoms with van der Waals surface area (Å²) in [5.74, 6) is 0.767. The highest BCUT2D eigenvalue weighted by atomic mass is 16.5. The van der Waals surface area contributed by atoms with Crippen LogP contribution in [0.1, 0.15) is 43.9 Å². The first-order chi connectivity index (χ1) is 13.7. The summed E-state index contributed by atoms with van der Waals surface area (Å²) in [5.41, 5.74) is 1.99. The first-order valence-electron chi connectivity index (χ1n) is 10.1. The van der Waals surface area contributed by atoms with Gasteiger partial charge in [0.15, 0.2) is 0 Å². The second-order valence-electron chi connectivity index (χ2n) is 7.54. The number of amides is 1. The van der Waals surface area contributed by atoms with Crippen LogP contribution >= 0.6 is 0 Å². The number of hydrogen-bond acceptors (Lipinski definition) is 7. The van der Waals surface area contributed by atoms with E-state index in [9.17, 15) is 4.79 Å². The number of nitrogens with zero attached hydrogens (tertiary/aromatic N) is 4. The quantitative estimate of drug-likeness (QED) is 0.816. The van der Waals surface area contributed by atoms with E-state index in [1.54, 1.807) is 24.7 Å². The number of rotatable bonds is 6. The highest BCUT2D eigenvalue weighted by Crippen LogP contribution is 2.31. The van der Waals surface area contributed by atoms with E-state index in [2.05, 4.69) is 27.4 Å². The van der Waals surface area contributed by atoms with Gasteiger partial charge in [-0.05, 0) is 31.7 Å². The highest BCUT2D eigenvalue weighted by molar-refractivity contribution is 5.79. The van der Waals surface area contributed by atoms with Crippen molar-refractivity contribution >= 4 is 11.9 Å². The fraction of sp³-hybridized carbons (Fsp3) is 0.600. The van der Waals surface area contributed by atoms with Crippen molar-refractivity contribution in [2.45, 2.75) is 57.7 Å². The van der Waals surface area contributed by atoms with Crippen molar-refractivity contribution in [1.29, 1.82) is 0 Å². The van der Waals surface area contributed by atoms with Crippen LogP contribution in [0.25, 0.3) is 0 Å². The third-order valence-corrected chi connectivity index (χ3v) is 5.57. The van der Waals surface area contributed by atoms with E-state index in [1.165, 1.54) is 0 Å². The highest BCUT2D eigenvalue weighted by Gasteiger charge is 2.37. The third kappa shape index (κ3) is 4.16. The fourth-order valence-electron chi connectivity index (χ4n) is 4.11. The van der Waals surface area contributed by atoms with E-state index in [0.717, 1.165) is 50.0 Å². The molecule has 3 heterocycles. The molecule has 1 fully saturated rings. The molecule has 8 heteroatoms. The summed E-state index contributed by atoms with van der Waals surface area (Å²) in [7, 11) is 0. The summed E-state index contributed by atoms with van der Waals surface area (Å²) in [6.45, 7) is 4.11. The molecule has 1 saturated carbocycles. The minimum atomic E-state index is -0.0240. The smallest absolute Gasteiger partial charge is 0.226 e. The molecular weight excluding hydrogens is 358 g/mol. The molecule has 0 spiro atoms. The summed E-state index contributed by atoms with van der Waals surface area (Å²) >= 11 is 0. The van der Waals surface area contributed by atoms with Crippen LogP contribution in [0.3, 0.4) is 0 Å². The topological polar surface area (TPSA) is 93.4 Å². The molecule has 8 nitrogen and oxygen atoms in total. The standard InChI is InChI=1S/C20H27N5O3/c1-2-10-27-18-5-4-14(11-17(18)23-20-21-7-3-8-22-20)19(26)25-9-6-16-15(12-25)13-28-24-16/h3,7-8,13-14,17-18H,2,4-6,9-12H2,1H3,(H,21,22,23)/t14-,17+,18+/m0/s1. The molecule has 0 bridgehead atoms. The zero-order chi connectivity index (χ0) is 19.3. The van der Waals surface area contributed by atoms with Crippen LogP contribution in [0.5, 0.6) is 0 Å². The third-order valence-electron chi connectivity index (χ3n) is 5.57. The molecule has 28 heavy (non-hydrogen) atoms. The van der Waals surface area contributed by atoms with E-state index in [-0.39, 0.29) is 24.0 Å². The van der Waals surface area contributed by atoms with Crippen LogP contribution in [0.2, 0.25) is 0 Å². The second kappa shape index (κ2) is 8.68. The predicted octanol–water partition coefficient (Wildman–Crippen LogP) is 2.43. The van der Waals surface area contributed by atoms with Crippen molar-refractivity contribution in [2.75, 3.05) is 18.5 Å². The molecule has 150 valence electrons. The molecule has 4 rings (SSSR count). The maximum absolute atomic E-state index is 13.2. The van der Waals surface area contributed by atoms with Crippen molar-refractivity contribution in [3.8, 4) is 0 Å². The van der Waals surface area contributed by atoms with Crippen LogP contribution in [-0.4, -0.2) is 51.2 Å². The Morgan fingerprint density at radius 3 is 3.04 bits per heavy atom. The van der Waals surface area contributed by atoms with Gasteiger partial charge in [0, 0.05) is 43.4 Å². The van der Waals surface area contributed by atoms with Crippen LogP contribution in [0, 0.1) is 5.92 Å². The first kappa shape index (κ1) is 18.9. The number of fused-ring (bicyclic) bond motifs is 1. The Morgan fingerprint density at radius 1 is 1.36 bits per heavy atom. The summed E-state index contributed by atoms with van der Waals surface area (Å²) < 4.78 is 11.1. The lowest BCUT2D eigenvalue weighted by Gasteiger charge is -2.38. The number of carbonyl (C=O) groups is 1. The van der Waals surface area contributed by atoms with Gasteiger partial charge in [0.25, 0.3) is 0 Å². The van der Waals surface area contributed by atoms with Gasteiger partial charge in [0.2, 0.25) is 11.9 Å². The lowest BCUT2D eigenvalue weighted by Crippen LogP contribution is -2.47. The van der Waals surface area contributed by atoms with Crippen molar-refractivity contribution in [2.24, 2.45) is 5.92 Å². The SMILES string of the molecule is CCCO[C@@H]1CC[C@H](C(=O)N2CCc3nocc3C2)C[C@H]1Nc1ncccn1. The molecule has 0 unspecified atom stereocenters. The normalized spacial score (nSPS) is 24.6. The van der Waals surface area contributed by atoms with Gasteiger partial charge < -0.3 is 19.5 Å². The van der Waals surface area contributed by atoms with Gasteiger partial charge >= 0.3 is 0 Å². The Bertz CT molecular complexity index is 781. The monoisotopic (exact) mass is 385 g/mol. The van der Waals surface area contributed by atoms with E-state index in [0.29, 0.717) is 19.0 Å². The molecule has 0 radical (unpaired) electrons. The Balaban J connectivity index is 1.43. The molecule has 1 aliphatic heterocycles. The molecule has 2 aliphatic rings. The zero-order valence-corrected chi connectivity index (χ0v) is 16.2. The molecule has 1 amide bonds. The lowest BCUT2D eigenvalue weighted by molar-refractivity contribution is -0.138. The number of nitrogens with one attached hydrogen (secondary N) is 1. The van der Waals surface area contributed by atoms with Crippen molar-refractivity contribution in [3.63, 3.8) is 0 Å². The summed E-state index contributed by atoms with van der Waals surface area (Å²) in [4.78, 5) is 23.7. The van der Waals surface area contributed by atoms with Gasteiger partial charge in [0.05, 0.1) is 24.4 Å². The Morgan fingerprint density at radius 2 is 2.21 bits per heavy atom. The maximum atomic E-state index is 13.2. The van der Waals surface area contributed by atoms with Crippen molar-refractivity contribution in [1.82, 2.24) is 20.0 Å². The van der Waals surface area contributed by atoms with Gasteiger partial charge in [-0.1, -0.05) is 12.1 Å². The lowest BCUT2D eigenvalue weighted by atomic mass is 9.82. The summed E-state index contributed by atoms with van der Waals surface area (Å²) in [5, 5.41) is 7.40. The van der Waals surface area contributed by atoms with Crippen molar-refractivity contribution < 1.29 is 14.1 Å². The molecule has 0 saturated heterocycles. The molecule has 2 aromatic rings. The molecule has 3 atom stereocenters. The van der Waals surface area contributed by atoms with Gasteiger partial charge in [0.1, 0.15) is 6.26 Å². The average molecular weight is 385 g/mol. The molecular formula is C20H27N5O3. The second-order valence-corrected chi connectivity index (χ2v) is 7.54. The fourth-order valence-corrected chi connectivity index (χ4v) is 4.11. The minimum Gasteiger partial charge on any atom is -0.376 e. The summed E-state index contributed by atoms with van der Waals surface area (Å²) in [6.07, 6.45) is 9.30. The largest absolute Gasteiger partial charge is 0.376 e. The first-order valence-corrected chi connectivity index (χ1v) is 10.1. The van der Waals surface area contributed by atoms with E-state index in [1.807, 2.05) is 4.90 Å². The summed E-state index contributed by atoms with van der Waals surface area (Å²) in [6, 6.07) is 1.81.